The van der Waals surface area contributed by atoms with Crippen LogP contribution in [0.25, 0.3) is 0 Å². The summed E-state index contributed by atoms with van der Waals surface area (Å²) in [6, 6.07) is 8.31. The Labute approximate surface area is 153 Å². The molecule has 5 nitrogen and oxygen atoms in total. The SMILES string of the molecule is C[C@H]1CCc2sc(C(=O)NNS(=O)(=O)c3ccccc3Br)cc2C1. The average Bonchev–Trinajstić information content (AvgIpc) is 2.96. The molecule has 8 heteroatoms. The molecule has 0 unspecified atom stereocenters. The predicted molar refractivity (Wildman–Crippen MR) is 97.4 cm³/mol. The Morgan fingerprint density at radius 3 is 2.83 bits per heavy atom. The predicted octanol–water partition coefficient (Wildman–Crippen LogP) is 3.26. The first-order valence-corrected chi connectivity index (χ1v) is 10.6. The third-order valence-corrected chi connectivity index (χ3v) is 7.47. The molecule has 0 radical (unpaired) electrons. The molecule has 0 aliphatic heterocycles. The summed E-state index contributed by atoms with van der Waals surface area (Å²) >= 11 is 4.64. The van der Waals surface area contributed by atoms with Crippen LogP contribution >= 0.6 is 27.3 Å². The number of sulfonamides is 1. The van der Waals surface area contributed by atoms with Crippen LogP contribution in [0.4, 0.5) is 0 Å². The number of hydrazine groups is 1. The van der Waals surface area contributed by atoms with E-state index in [2.05, 4.69) is 33.1 Å². The first-order chi connectivity index (χ1) is 11.4. The van der Waals surface area contributed by atoms with Crippen molar-refractivity contribution < 1.29 is 13.2 Å². The van der Waals surface area contributed by atoms with Gasteiger partial charge in [-0.05, 0) is 64.9 Å². The second-order valence-electron chi connectivity index (χ2n) is 5.90. The molecule has 0 spiro atoms. The standard InChI is InChI=1S/C16H17BrN2O3S2/c1-10-6-7-13-11(8-10)9-14(23-13)16(20)18-19-24(21,22)15-5-3-2-4-12(15)17/h2-5,9-10,19H,6-8H2,1H3,(H,18,20)/t10-/m0/s1. The normalized spacial score (nSPS) is 17.3. The van der Waals surface area contributed by atoms with Crippen molar-refractivity contribution in [3.63, 3.8) is 0 Å². The zero-order valence-corrected chi connectivity index (χ0v) is 16.2. The number of amides is 1. The van der Waals surface area contributed by atoms with Crippen LogP contribution in [0.15, 0.2) is 39.7 Å². The molecule has 1 aromatic heterocycles. The number of nitrogens with one attached hydrogen (secondary N) is 2. The van der Waals surface area contributed by atoms with Crippen LogP contribution in [0.3, 0.4) is 0 Å². The quantitative estimate of drug-likeness (QED) is 0.733. The number of rotatable bonds is 4. The van der Waals surface area contributed by atoms with Gasteiger partial charge in [0.2, 0.25) is 0 Å². The van der Waals surface area contributed by atoms with Gasteiger partial charge in [-0.3, -0.25) is 10.2 Å². The lowest BCUT2D eigenvalue weighted by Gasteiger charge is -2.16. The Morgan fingerprint density at radius 2 is 2.08 bits per heavy atom. The third kappa shape index (κ3) is 3.72. The molecule has 0 saturated carbocycles. The van der Waals surface area contributed by atoms with Crippen LogP contribution in [-0.4, -0.2) is 14.3 Å². The van der Waals surface area contributed by atoms with E-state index in [9.17, 15) is 13.2 Å². The first-order valence-electron chi connectivity index (χ1n) is 7.55. The molecule has 0 fully saturated rings. The molecule has 0 saturated heterocycles. The van der Waals surface area contributed by atoms with E-state index in [-0.39, 0.29) is 4.90 Å². The van der Waals surface area contributed by atoms with Crippen molar-refractivity contribution in [2.24, 2.45) is 5.92 Å². The highest BCUT2D eigenvalue weighted by Crippen LogP contribution is 2.32. The average molecular weight is 429 g/mol. The van der Waals surface area contributed by atoms with Crippen LogP contribution in [0.1, 0.15) is 33.5 Å². The summed E-state index contributed by atoms with van der Waals surface area (Å²) in [5.41, 5.74) is 3.50. The summed E-state index contributed by atoms with van der Waals surface area (Å²) in [7, 11) is -3.83. The molecular formula is C16H17BrN2O3S2. The Kier molecular flexibility index (Phi) is 5.10. The van der Waals surface area contributed by atoms with Gasteiger partial charge in [-0.25, -0.2) is 8.42 Å². The van der Waals surface area contributed by atoms with Crippen LogP contribution in [-0.2, 0) is 22.9 Å². The van der Waals surface area contributed by atoms with Crippen molar-refractivity contribution in [1.29, 1.82) is 0 Å². The number of hydrogen-bond donors (Lipinski definition) is 2. The van der Waals surface area contributed by atoms with Crippen molar-refractivity contribution >= 4 is 43.2 Å². The van der Waals surface area contributed by atoms with Crippen molar-refractivity contribution in [2.45, 2.75) is 31.1 Å². The van der Waals surface area contributed by atoms with Crippen molar-refractivity contribution in [3.05, 3.63) is 50.1 Å². The second-order valence-corrected chi connectivity index (χ2v) is 9.54. The molecule has 128 valence electrons. The summed E-state index contributed by atoms with van der Waals surface area (Å²) < 4.78 is 25.0. The minimum Gasteiger partial charge on any atom is -0.273 e. The molecule has 1 aliphatic rings. The molecule has 1 aromatic carbocycles. The molecular weight excluding hydrogens is 412 g/mol. The highest BCUT2D eigenvalue weighted by molar-refractivity contribution is 9.10. The van der Waals surface area contributed by atoms with Gasteiger partial charge in [0.05, 0.1) is 9.77 Å². The molecule has 0 bridgehead atoms. The van der Waals surface area contributed by atoms with Crippen molar-refractivity contribution in [1.82, 2.24) is 10.3 Å². The Morgan fingerprint density at radius 1 is 1.33 bits per heavy atom. The van der Waals surface area contributed by atoms with Gasteiger partial charge in [-0.2, -0.15) is 0 Å². The lowest BCUT2D eigenvalue weighted by molar-refractivity contribution is 0.0949. The summed E-state index contributed by atoms with van der Waals surface area (Å²) in [5, 5.41) is 0. The Bertz CT molecular complexity index is 877. The smallest absolute Gasteiger partial charge is 0.273 e. The largest absolute Gasteiger partial charge is 0.276 e. The minimum absolute atomic E-state index is 0.0737. The van der Waals surface area contributed by atoms with Gasteiger partial charge in [0.25, 0.3) is 15.9 Å². The number of hydrogen-bond acceptors (Lipinski definition) is 4. The Hall–Kier alpha value is -1.22. The Balaban J connectivity index is 1.71. The fourth-order valence-electron chi connectivity index (χ4n) is 2.71. The van der Waals surface area contributed by atoms with E-state index in [0.717, 1.165) is 19.3 Å². The number of carbonyl (C=O) groups excluding carboxylic acids is 1. The van der Waals surface area contributed by atoms with E-state index in [0.29, 0.717) is 15.3 Å². The number of aryl methyl sites for hydroxylation is 1. The topological polar surface area (TPSA) is 75.3 Å². The maximum Gasteiger partial charge on any atom is 0.276 e. The first kappa shape index (κ1) is 17.6. The zero-order valence-electron chi connectivity index (χ0n) is 13.0. The number of halogens is 1. The highest BCUT2D eigenvalue weighted by Gasteiger charge is 2.22. The van der Waals surface area contributed by atoms with Crippen LogP contribution < -0.4 is 10.3 Å². The second kappa shape index (κ2) is 6.95. The van der Waals surface area contributed by atoms with Gasteiger partial charge in [-0.15, -0.1) is 16.2 Å². The van der Waals surface area contributed by atoms with Crippen LogP contribution in [0.5, 0.6) is 0 Å². The van der Waals surface area contributed by atoms with Crippen molar-refractivity contribution in [2.75, 3.05) is 0 Å². The summed E-state index contributed by atoms with van der Waals surface area (Å²) in [6.07, 6.45) is 3.09. The third-order valence-electron chi connectivity index (χ3n) is 3.98. The molecule has 2 aromatic rings. The van der Waals surface area contributed by atoms with Gasteiger partial charge >= 0.3 is 0 Å². The number of fused-ring (bicyclic) bond motifs is 1. The number of carbonyl (C=O) groups is 1. The van der Waals surface area contributed by atoms with Crippen LogP contribution in [0, 0.1) is 5.92 Å². The van der Waals surface area contributed by atoms with Gasteiger partial charge in [0.15, 0.2) is 0 Å². The molecule has 1 atom stereocenters. The fraction of sp³-hybridized carbons (Fsp3) is 0.312. The minimum atomic E-state index is -3.83. The molecule has 1 amide bonds. The van der Waals surface area contributed by atoms with Gasteiger partial charge in [0, 0.05) is 9.35 Å². The van der Waals surface area contributed by atoms with E-state index >= 15 is 0 Å². The number of thiophene rings is 1. The van der Waals surface area contributed by atoms with E-state index in [1.807, 2.05) is 6.07 Å². The van der Waals surface area contributed by atoms with Gasteiger partial charge in [0.1, 0.15) is 0 Å². The van der Waals surface area contributed by atoms with E-state index < -0.39 is 15.9 Å². The van der Waals surface area contributed by atoms with Crippen LogP contribution in [0.2, 0.25) is 0 Å². The number of benzene rings is 1. The molecule has 1 aliphatic carbocycles. The summed E-state index contributed by atoms with van der Waals surface area (Å²) in [4.78, 5) is 16.3. The van der Waals surface area contributed by atoms with Gasteiger partial charge < -0.3 is 0 Å². The molecule has 3 rings (SSSR count). The maximum absolute atomic E-state index is 12.3. The maximum atomic E-state index is 12.3. The van der Waals surface area contributed by atoms with E-state index in [1.165, 1.54) is 27.8 Å². The fourth-order valence-corrected chi connectivity index (χ4v) is 5.66. The molecule has 2 N–H and O–H groups in total. The molecule has 24 heavy (non-hydrogen) atoms. The lowest BCUT2D eigenvalue weighted by Crippen LogP contribution is -2.41. The van der Waals surface area contributed by atoms with Gasteiger partial charge in [-0.1, -0.05) is 19.1 Å². The lowest BCUT2D eigenvalue weighted by atomic mass is 9.90. The highest BCUT2D eigenvalue weighted by atomic mass is 79.9. The summed E-state index contributed by atoms with van der Waals surface area (Å²) in [6.45, 7) is 2.20. The monoisotopic (exact) mass is 428 g/mol. The van der Waals surface area contributed by atoms with E-state index in [4.69, 9.17) is 0 Å². The van der Waals surface area contributed by atoms with Crippen molar-refractivity contribution in [3.8, 4) is 0 Å². The zero-order chi connectivity index (χ0) is 17.3. The molecule has 1 heterocycles. The summed E-state index contributed by atoms with van der Waals surface area (Å²) in [5.74, 6) is 0.189. The van der Waals surface area contributed by atoms with E-state index in [1.54, 1.807) is 18.2 Å².